The van der Waals surface area contributed by atoms with E-state index in [1.54, 1.807) is 66.7 Å². The lowest BCUT2D eigenvalue weighted by Crippen LogP contribution is -2.53. The van der Waals surface area contributed by atoms with E-state index in [2.05, 4.69) is 0 Å². The zero-order valence-electron chi connectivity index (χ0n) is 26.7. The fourth-order valence-corrected chi connectivity index (χ4v) is 9.12. The molecule has 4 aromatic carbocycles. The van der Waals surface area contributed by atoms with Gasteiger partial charge < -0.3 is 9.84 Å². The van der Waals surface area contributed by atoms with Crippen LogP contribution in [0, 0.1) is 23.7 Å². The van der Waals surface area contributed by atoms with Crippen molar-refractivity contribution in [1.29, 1.82) is 0 Å². The van der Waals surface area contributed by atoms with Crippen molar-refractivity contribution >= 4 is 46.6 Å². The number of nitrogens with zero attached hydrogens (tertiary/aromatic N) is 2. The van der Waals surface area contributed by atoms with E-state index in [0.29, 0.717) is 40.6 Å². The zero-order chi connectivity index (χ0) is 34.0. The van der Waals surface area contributed by atoms with Gasteiger partial charge in [0.2, 0.25) is 23.6 Å². The van der Waals surface area contributed by atoms with Crippen LogP contribution in [-0.4, -0.2) is 35.3 Å². The highest BCUT2D eigenvalue weighted by Gasteiger charge is 2.70. The molecule has 246 valence electrons. The number of halogens is 1. The lowest BCUT2D eigenvalue weighted by atomic mass is 9.49. The molecule has 4 amide bonds. The molecule has 0 spiro atoms. The minimum Gasteiger partial charge on any atom is -0.504 e. The van der Waals surface area contributed by atoms with Crippen LogP contribution in [0.25, 0.3) is 0 Å². The molecule has 0 radical (unpaired) electrons. The molecule has 1 saturated carbocycles. The molecule has 2 heterocycles. The number of fused-ring (bicyclic) bond motifs is 4. The van der Waals surface area contributed by atoms with Gasteiger partial charge in [0, 0.05) is 10.9 Å². The number of carbonyl (C=O) groups excluding carboxylic acids is 4. The van der Waals surface area contributed by atoms with Gasteiger partial charge in [0.25, 0.3) is 0 Å². The molecular formula is C40H33ClN2O6. The summed E-state index contributed by atoms with van der Waals surface area (Å²) in [7, 11) is 0. The van der Waals surface area contributed by atoms with Crippen LogP contribution >= 0.6 is 11.6 Å². The van der Waals surface area contributed by atoms with E-state index in [1.807, 2.05) is 49.4 Å². The highest BCUT2D eigenvalue weighted by molar-refractivity contribution is 6.32. The average molecular weight is 673 g/mol. The van der Waals surface area contributed by atoms with Gasteiger partial charge in [-0.1, -0.05) is 83.9 Å². The molecule has 4 aliphatic rings. The summed E-state index contributed by atoms with van der Waals surface area (Å²) in [5.41, 5.74) is 1.62. The molecule has 2 saturated heterocycles. The maximum Gasteiger partial charge on any atom is 0.246 e. The largest absolute Gasteiger partial charge is 0.504 e. The van der Waals surface area contributed by atoms with Crippen molar-refractivity contribution in [3.05, 3.63) is 131 Å². The zero-order valence-corrected chi connectivity index (χ0v) is 27.4. The fraction of sp³-hybridized carbons (Fsp3) is 0.250. The van der Waals surface area contributed by atoms with Crippen LogP contribution in [0.15, 0.2) is 115 Å². The quantitative estimate of drug-likeness (QED) is 0.178. The normalized spacial score (nSPS) is 27.5. The molecule has 1 N–H and O–H groups in total. The van der Waals surface area contributed by atoms with Crippen molar-refractivity contribution in [2.24, 2.45) is 23.7 Å². The smallest absolute Gasteiger partial charge is 0.246 e. The third-order valence-electron chi connectivity index (χ3n) is 10.8. The van der Waals surface area contributed by atoms with Gasteiger partial charge in [0.15, 0.2) is 11.5 Å². The Hall–Kier alpha value is -5.21. The van der Waals surface area contributed by atoms with Crippen LogP contribution in [0.2, 0.25) is 5.02 Å². The minimum atomic E-state index is -1.42. The SMILES string of the molecule is CCOc1cc([C@H]2C3=CC[C@@H]4C(=O)N(c5ccccc5)C(=O)[C@@H]4[C@@H]3C[C@H]3C(=O)N(c4cccc(Cl)c4)C(=O)[C@@]23c2ccccc2)ccc1O. The monoisotopic (exact) mass is 672 g/mol. The van der Waals surface area contributed by atoms with Crippen LogP contribution in [0.3, 0.4) is 0 Å². The van der Waals surface area contributed by atoms with Gasteiger partial charge in [0.05, 0.1) is 41.2 Å². The minimum absolute atomic E-state index is 0.0505. The number of allylic oxidation sites excluding steroid dienone is 2. The molecule has 0 unspecified atom stereocenters. The van der Waals surface area contributed by atoms with Gasteiger partial charge in [0.1, 0.15) is 0 Å². The average Bonchev–Trinajstić information content (AvgIpc) is 3.50. The predicted molar refractivity (Wildman–Crippen MR) is 184 cm³/mol. The van der Waals surface area contributed by atoms with E-state index < -0.39 is 40.9 Å². The number of carbonyl (C=O) groups is 4. The molecule has 8 nitrogen and oxygen atoms in total. The molecular weight excluding hydrogens is 640 g/mol. The fourth-order valence-electron chi connectivity index (χ4n) is 8.93. The molecule has 0 aromatic heterocycles. The third kappa shape index (κ3) is 4.50. The number of benzene rings is 4. The first-order valence-electron chi connectivity index (χ1n) is 16.5. The topological polar surface area (TPSA) is 104 Å². The van der Waals surface area contributed by atoms with Crippen molar-refractivity contribution in [1.82, 2.24) is 0 Å². The van der Waals surface area contributed by atoms with Crippen LogP contribution < -0.4 is 14.5 Å². The lowest BCUT2D eigenvalue weighted by Gasteiger charge is -2.50. The Balaban J connectivity index is 1.37. The van der Waals surface area contributed by atoms with E-state index in [9.17, 15) is 19.5 Å². The van der Waals surface area contributed by atoms with Crippen molar-refractivity contribution in [3.63, 3.8) is 0 Å². The Bertz CT molecular complexity index is 2050. The summed E-state index contributed by atoms with van der Waals surface area (Å²) in [6.45, 7) is 2.12. The standard InChI is InChI=1S/C40H33ClN2O6/c1-2-49-33-20-23(16-19-32(33)44)35-28-17-18-29-34(38(47)42(36(29)45)26-13-7-4-8-14-26)30(28)22-31-37(46)43(27-15-9-12-25(41)21-27)39(48)40(31,35)24-10-5-3-6-11-24/h3-17,19-21,29-31,34-35,44H,2,18,22H2,1H3/t29-,30+,31-,34-,35-,40+/m0/s1. The number of hydrogen-bond acceptors (Lipinski definition) is 6. The van der Waals surface area contributed by atoms with E-state index in [0.717, 1.165) is 5.57 Å². The number of phenols is 1. The lowest BCUT2D eigenvalue weighted by molar-refractivity contribution is -0.127. The molecule has 6 atom stereocenters. The van der Waals surface area contributed by atoms with Gasteiger partial charge in [-0.3, -0.25) is 24.1 Å². The molecule has 8 rings (SSSR count). The third-order valence-corrected chi connectivity index (χ3v) is 11.0. The van der Waals surface area contributed by atoms with E-state index >= 15 is 4.79 Å². The number of rotatable bonds is 6. The Labute approximate surface area is 288 Å². The van der Waals surface area contributed by atoms with Crippen molar-refractivity contribution < 1.29 is 29.0 Å². The van der Waals surface area contributed by atoms with Gasteiger partial charge in [-0.05, 0) is 79.3 Å². The molecule has 4 aromatic rings. The summed E-state index contributed by atoms with van der Waals surface area (Å²) < 4.78 is 5.82. The molecule has 2 aliphatic heterocycles. The number of amides is 4. The van der Waals surface area contributed by atoms with Crippen LogP contribution in [-0.2, 0) is 24.6 Å². The summed E-state index contributed by atoms with van der Waals surface area (Å²) in [6, 6.07) is 30.0. The second-order valence-corrected chi connectivity index (χ2v) is 13.5. The summed E-state index contributed by atoms with van der Waals surface area (Å²) >= 11 is 6.39. The highest BCUT2D eigenvalue weighted by atomic mass is 35.5. The van der Waals surface area contributed by atoms with Gasteiger partial charge in [-0.15, -0.1) is 0 Å². The summed E-state index contributed by atoms with van der Waals surface area (Å²) in [5, 5.41) is 11.1. The van der Waals surface area contributed by atoms with Gasteiger partial charge >= 0.3 is 0 Å². The number of anilines is 2. The molecule has 9 heteroatoms. The maximum atomic E-state index is 15.3. The molecule has 0 bridgehead atoms. The second kappa shape index (κ2) is 11.7. The summed E-state index contributed by atoms with van der Waals surface area (Å²) in [6.07, 6.45) is 2.52. The first-order chi connectivity index (χ1) is 23.8. The Kier molecular flexibility index (Phi) is 7.45. The van der Waals surface area contributed by atoms with E-state index in [4.69, 9.17) is 16.3 Å². The number of phenolic OH excluding ortho intramolecular Hbond substituents is 1. The van der Waals surface area contributed by atoms with E-state index in [1.165, 1.54) is 9.80 Å². The Morgan fingerprint density at radius 1 is 0.796 bits per heavy atom. The van der Waals surface area contributed by atoms with Crippen LogP contribution in [0.5, 0.6) is 11.5 Å². The molecule has 49 heavy (non-hydrogen) atoms. The first kappa shape index (κ1) is 31.1. The number of aromatic hydroxyl groups is 1. The predicted octanol–water partition coefficient (Wildman–Crippen LogP) is 6.81. The van der Waals surface area contributed by atoms with Gasteiger partial charge in [-0.25, -0.2) is 4.90 Å². The number of ether oxygens (including phenoxy) is 1. The van der Waals surface area contributed by atoms with E-state index in [-0.39, 0.29) is 35.6 Å². The Morgan fingerprint density at radius 3 is 2.22 bits per heavy atom. The maximum absolute atomic E-state index is 15.3. The summed E-state index contributed by atoms with van der Waals surface area (Å²) in [4.78, 5) is 61.0. The second-order valence-electron chi connectivity index (χ2n) is 13.1. The van der Waals surface area contributed by atoms with Gasteiger partial charge in [-0.2, -0.15) is 0 Å². The Morgan fingerprint density at radius 2 is 1.51 bits per heavy atom. The number of imide groups is 2. The summed E-state index contributed by atoms with van der Waals surface area (Å²) in [5.74, 6) is -4.56. The number of para-hydroxylation sites is 1. The van der Waals surface area contributed by atoms with Crippen LogP contribution in [0.4, 0.5) is 11.4 Å². The molecule has 2 aliphatic carbocycles. The highest BCUT2D eigenvalue weighted by Crippen LogP contribution is 2.64. The molecule has 3 fully saturated rings. The van der Waals surface area contributed by atoms with Crippen molar-refractivity contribution in [3.8, 4) is 11.5 Å². The first-order valence-corrected chi connectivity index (χ1v) is 16.9. The van der Waals surface area contributed by atoms with Crippen molar-refractivity contribution in [2.45, 2.75) is 31.1 Å². The number of hydrogen-bond donors (Lipinski definition) is 1. The van der Waals surface area contributed by atoms with Crippen LogP contribution in [0.1, 0.15) is 36.8 Å². The van der Waals surface area contributed by atoms with Crippen molar-refractivity contribution in [2.75, 3.05) is 16.4 Å².